The van der Waals surface area contributed by atoms with Crippen molar-refractivity contribution in [3.05, 3.63) is 130 Å². The third-order valence-corrected chi connectivity index (χ3v) is 17.4. The molecule has 0 spiro atoms. The number of nitrogen functional groups attached to an aromatic ring is 1. The fraction of sp³-hybridized carbons (Fsp3) is 0.519. The minimum Gasteiger partial charge on any atom is -0.443 e. The van der Waals surface area contributed by atoms with E-state index in [-0.39, 0.29) is 97.7 Å². The Balaban J connectivity index is 0.000000226. The third-order valence-electron chi connectivity index (χ3n) is 13.7. The van der Waals surface area contributed by atoms with Crippen LogP contribution < -0.4 is 16.4 Å². The van der Waals surface area contributed by atoms with Crippen LogP contribution in [-0.2, 0) is 61.3 Å². The quantitative estimate of drug-likeness (QED) is 0.0368. The molecule has 4 fully saturated rings. The average Bonchev–Trinajstić information content (AvgIpc) is 4.28. The first kappa shape index (κ1) is 59.9. The zero-order valence-electron chi connectivity index (χ0n) is 44.2. The van der Waals surface area contributed by atoms with Crippen molar-refractivity contribution in [3.63, 3.8) is 0 Å². The summed E-state index contributed by atoms with van der Waals surface area (Å²) in [6, 6.07) is 27.4. The number of ether oxygens (including phenoxy) is 6. The highest BCUT2D eigenvalue weighted by molar-refractivity contribution is 7.89. The molecule has 2 amide bonds. The first-order valence-electron chi connectivity index (χ1n) is 26.1. The van der Waals surface area contributed by atoms with E-state index in [0.717, 1.165) is 34.0 Å². The molecule has 10 atom stereocenters. The zero-order chi connectivity index (χ0) is 56.1. The molecule has 6 N–H and O–H groups in total. The Labute approximate surface area is 455 Å². The van der Waals surface area contributed by atoms with Crippen LogP contribution in [0.4, 0.5) is 21.0 Å². The monoisotopic (exact) mass is 1120 g/mol. The Morgan fingerprint density at radius 2 is 1.01 bits per heavy atom. The van der Waals surface area contributed by atoms with Crippen molar-refractivity contribution in [2.24, 2.45) is 23.7 Å². The Kier molecular flexibility index (Phi) is 21.0. The van der Waals surface area contributed by atoms with Gasteiger partial charge in [-0.05, 0) is 85.0 Å². The number of nitrogens with one attached hydrogen (secondary N) is 2. The standard InChI is InChI=1S/C27H35N3O9S.C27H37N3O7S/c1-18(2)15-29(40(35,36)21-10-8-20(9-11-21)30(33)34)16-24(31)23(14-19-6-4-3-5-7-19)28-27(32)39-25-17-38-26-22(25)12-13-37-26;1-18(2)15-30(38(33,34)21-10-8-20(28)9-11-21)16-24(31)23(14-19-6-4-3-5-7-19)29-27(32)37-25-17-36-26-22(25)12-13-35-26/h3-11,18,22-26,31H,12-17H2,1-2H3,(H,28,32);3-11,18,22-26,31H,12-17,28H2,1-2H3,(H,29,32)/t2*22-,23+,24-,25-,26+/m11/s1. The molecule has 4 aliphatic rings. The second-order valence-corrected chi connectivity index (χ2v) is 24.6. The fourth-order valence-electron chi connectivity index (χ4n) is 9.75. The molecule has 24 heteroatoms. The number of hydrogen-bond acceptors (Lipinski definition) is 17. The van der Waals surface area contributed by atoms with Crippen LogP contribution in [0.2, 0.25) is 0 Å². The molecule has 4 aliphatic heterocycles. The van der Waals surface area contributed by atoms with Crippen LogP contribution in [0.5, 0.6) is 0 Å². The summed E-state index contributed by atoms with van der Waals surface area (Å²) >= 11 is 0. The third kappa shape index (κ3) is 16.2. The van der Waals surface area contributed by atoms with Gasteiger partial charge in [-0.1, -0.05) is 88.4 Å². The van der Waals surface area contributed by atoms with Crippen molar-refractivity contribution < 1.29 is 70.0 Å². The maximum absolute atomic E-state index is 13.5. The van der Waals surface area contributed by atoms with Crippen LogP contribution >= 0.6 is 0 Å². The van der Waals surface area contributed by atoms with E-state index >= 15 is 0 Å². The maximum atomic E-state index is 13.5. The van der Waals surface area contributed by atoms with Gasteiger partial charge in [-0.25, -0.2) is 26.4 Å². The normalized spacial score (nSPS) is 22.5. The van der Waals surface area contributed by atoms with Gasteiger partial charge in [-0.2, -0.15) is 8.61 Å². The summed E-state index contributed by atoms with van der Waals surface area (Å²) in [6.45, 7) is 8.76. The molecule has 8 rings (SSSR count). The van der Waals surface area contributed by atoms with Gasteiger partial charge in [-0.3, -0.25) is 10.1 Å². The summed E-state index contributed by atoms with van der Waals surface area (Å²) in [5.74, 6) is -0.170. The summed E-state index contributed by atoms with van der Waals surface area (Å²) in [5, 5.41) is 39.2. The molecule has 426 valence electrons. The Morgan fingerprint density at radius 1 is 0.628 bits per heavy atom. The number of aliphatic hydroxyl groups excluding tert-OH is 2. The fourth-order valence-corrected chi connectivity index (χ4v) is 13.0. The SMILES string of the molecule is CC(C)CN(C[C@@H](O)[C@H](Cc1ccccc1)NC(=O)O[C@@H]1CO[C@@H]2OCC[C@@H]21)S(=O)(=O)c1ccc(N)cc1.CC(C)CN(C[C@@H](O)[C@H](Cc1ccccc1)NC(=O)O[C@@H]1CO[C@@H]2OCC[C@@H]21)S(=O)(=O)c1ccc([N+](=O)[O-])cc1. The number of alkyl carbamates (subject to hydrolysis) is 2. The number of anilines is 1. The van der Waals surface area contributed by atoms with Crippen molar-refractivity contribution in [3.8, 4) is 0 Å². The predicted octanol–water partition coefficient (Wildman–Crippen LogP) is 5.08. The van der Waals surface area contributed by atoms with Gasteiger partial charge < -0.3 is 55.0 Å². The number of sulfonamides is 2. The molecule has 0 bridgehead atoms. The predicted molar refractivity (Wildman–Crippen MR) is 285 cm³/mol. The van der Waals surface area contributed by atoms with Crippen LogP contribution in [0.3, 0.4) is 0 Å². The van der Waals surface area contributed by atoms with Gasteiger partial charge in [0.1, 0.15) is 12.2 Å². The van der Waals surface area contributed by atoms with E-state index in [1.54, 1.807) is 0 Å². The molecule has 0 radical (unpaired) electrons. The van der Waals surface area contributed by atoms with Gasteiger partial charge >= 0.3 is 12.2 Å². The van der Waals surface area contributed by atoms with E-state index in [0.29, 0.717) is 25.3 Å². The lowest BCUT2D eigenvalue weighted by atomic mass is 10.0. The number of nitro benzene ring substituents is 1. The van der Waals surface area contributed by atoms with Crippen molar-refractivity contribution >= 4 is 43.6 Å². The Bertz CT molecular complexity index is 2800. The number of rotatable bonds is 23. The molecule has 0 unspecified atom stereocenters. The summed E-state index contributed by atoms with van der Waals surface area (Å²) in [5.41, 5.74) is 7.66. The number of nitrogens with zero attached hydrogens (tertiary/aromatic N) is 3. The first-order chi connectivity index (χ1) is 37.2. The van der Waals surface area contributed by atoms with Crippen molar-refractivity contribution in [1.29, 1.82) is 0 Å². The maximum Gasteiger partial charge on any atom is 0.407 e. The molecule has 0 aliphatic carbocycles. The van der Waals surface area contributed by atoms with E-state index in [2.05, 4.69) is 10.6 Å². The molecule has 4 aromatic rings. The Morgan fingerprint density at radius 3 is 1.38 bits per heavy atom. The van der Waals surface area contributed by atoms with E-state index in [1.807, 2.05) is 88.4 Å². The summed E-state index contributed by atoms with van der Waals surface area (Å²) in [7, 11) is -8.05. The summed E-state index contributed by atoms with van der Waals surface area (Å²) < 4.78 is 89.8. The molecule has 78 heavy (non-hydrogen) atoms. The number of hydrogen-bond donors (Lipinski definition) is 5. The zero-order valence-corrected chi connectivity index (χ0v) is 45.8. The number of carbonyl (C=O) groups is 2. The van der Waals surface area contributed by atoms with Crippen molar-refractivity contribution in [2.45, 2.75) is 112 Å². The lowest BCUT2D eigenvalue weighted by molar-refractivity contribution is -0.384. The lowest BCUT2D eigenvalue weighted by Gasteiger charge is -2.31. The second kappa shape index (κ2) is 27.4. The summed E-state index contributed by atoms with van der Waals surface area (Å²) in [4.78, 5) is 36.2. The molecule has 4 aromatic carbocycles. The minimum absolute atomic E-state index is 0.000183. The number of aliphatic hydroxyl groups is 2. The highest BCUT2D eigenvalue weighted by Crippen LogP contribution is 2.34. The van der Waals surface area contributed by atoms with Crippen LogP contribution in [0.1, 0.15) is 51.7 Å². The second-order valence-electron chi connectivity index (χ2n) is 20.7. The highest BCUT2D eigenvalue weighted by atomic mass is 32.2. The van der Waals surface area contributed by atoms with Gasteiger partial charge in [0, 0.05) is 44.0 Å². The van der Waals surface area contributed by atoms with E-state index in [1.165, 1.54) is 40.7 Å². The summed E-state index contributed by atoms with van der Waals surface area (Å²) in [6.07, 6.45) is -3.67. The minimum atomic E-state index is -4.12. The molecular weight excluding hydrogens is 1050 g/mol. The number of nitrogens with two attached hydrogens (primary N) is 1. The number of nitro groups is 1. The van der Waals surface area contributed by atoms with Gasteiger partial charge in [-0.15, -0.1) is 0 Å². The molecule has 0 saturated carbocycles. The number of carbonyl (C=O) groups excluding carboxylic acids is 2. The number of benzene rings is 4. The van der Waals surface area contributed by atoms with Gasteiger partial charge in [0.15, 0.2) is 12.6 Å². The van der Waals surface area contributed by atoms with Crippen molar-refractivity contribution in [2.75, 3.05) is 58.3 Å². The van der Waals surface area contributed by atoms with E-state index in [9.17, 15) is 46.8 Å². The largest absolute Gasteiger partial charge is 0.443 e. The smallest absolute Gasteiger partial charge is 0.407 e. The van der Waals surface area contributed by atoms with Crippen LogP contribution in [0, 0.1) is 33.8 Å². The van der Waals surface area contributed by atoms with Crippen LogP contribution in [0.15, 0.2) is 119 Å². The van der Waals surface area contributed by atoms with E-state index in [4.69, 9.17) is 34.2 Å². The molecule has 22 nitrogen and oxygen atoms in total. The average molecular weight is 1130 g/mol. The molecule has 4 heterocycles. The highest BCUT2D eigenvalue weighted by Gasteiger charge is 2.46. The number of amides is 2. The number of fused-ring (bicyclic) bond motifs is 2. The Hall–Kier alpha value is -5.80. The van der Waals surface area contributed by atoms with Crippen molar-refractivity contribution in [1.82, 2.24) is 19.2 Å². The van der Waals surface area contributed by atoms with E-state index < -0.39 is 79.9 Å². The van der Waals surface area contributed by atoms with Gasteiger partial charge in [0.05, 0.1) is 77.3 Å². The topological polar surface area (TPSA) is 298 Å². The first-order valence-corrected chi connectivity index (χ1v) is 29.0. The van der Waals surface area contributed by atoms with Crippen LogP contribution in [0.25, 0.3) is 0 Å². The van der Waals surface area contributed by atoms with Gasteiger partial charge in [0.2, 0.25) is 20.0 Å². The van der Waals surface area contributed by atoms with Gasteiger partial charge in [0.25, 0.3) is 5.69 Å². The molecular formula is C54H72N6O16S2. The molecule has 0 aromatic heterocycles. The number of non-ortho nitro benzene ring substituents is 1. The van der Waals surface area contributed by atoms with Crippen LogP contribution in [-0.4, -0.2) is 154 Å². The molecule has 4 saturated heterocycles. The lowest BCUT2D eigenvalue weighted by Crippen LogP contribution is -2.51.